The zero-order valence-corrected chi connectivity index (χ0v) is 9.32. The van der Waals surface area contributed by atoms with Gasteiger partial charge in [-0.15, -0.1) is 0 Å². The average Bonchev–Trinajstić information content (AvgIpc) is 2.75. The minimum atomic E-state index is -0.0968. The second kappa shape index (κ2) is 7.10. The van der Waals surface area contributed by atoms with Crippen LogP contribution >= 0.6 is 0 Å². The molecule has 0 aliphatic heterocycles. The maximum absolute atomic E-state index is 10.8. The van der Waals surface area contributed by atoms with Crippen molar-refractivity contribution in [2.75, 3.05) is 7.11 Å². The maximum Gasteiger partial charge on any atom is 0.305 e. The standard InChI is InChI=1S/C12H19NO2/c1-15-12(14)8-4-2-3-5-9-13-10-6-7-11-13/h6-7,10-11H,2-5,8-9H2,1H3. The average molecular weight is 209 g/mol. The third kappa shape index (κ3) is 5.25. The lowest BCUT2D eigenvalue weighted by atomic mass is 10.1. The predicted molar refractivity (Wildman–Crippen MR) is 59.5 cm³/mol. The maximum atomic E-state index is 10.8. The van der Waals surface area contributed by atoms with Gasteiger partial charge in [0.15, 0.2) is 0 Å². The van der Waals surface area contributed by atoms with Crippen LogP contribution < -0.4 is 0 Å². The Morgan fingerprint density at radius 3 is 2.47 bits per heavy atom. The molecule has 0 fully saturated rings. The van der Waals surface area contributed by atoms with Gasteiger partial charge < -0.3 is 9.30 Å². The third-order valence-electron chi connectivity index (χ3n) is 2.44. The highest BCUT2D eigenvalue weighted by molar-refractivity contribution is 5.68. The van der Waals surface area contributed by atoms with Crippen LogP contribution in [0.15, 0.2) is 24.5 Å². The van der Waals surface area contributed by atoms with E-state index in [4.69, 9.17) is 0 Å². The Kier molecular flexibility index (Phi) is 5.59. The summed E-state index contributed by atoms with van der Waals surface area (Å²) in [5, 5.41) is 0. The topological polar surface area (TPSA) is 31.2 Å². The van der Waals surface area contributed by atoms with Gasteiger partial charge in [-0.3, -0.25) is 4.79 Å². The third-order valence-corrected chi connectivity index (χ3v) is 2.44. The Morgan fingerprint density at radius 2 is 1.80 bits per heavy atom. The van der Waals surface area contributed by atoms with Crippen LogP contribution in [0.2, 0.25) is 0 Å². The van der Waals surface area contributed by atoms with Crippen molar-refractivity contribution in [3.8, 4) is 0 Å². The van der Waals surface area contributed by atoms with Crippen molar-refractivity contribution in [3.63, 3.8) is 0 Å². The van der Waals surface area contributed by atoms with E-state index in [1.54, 1.807) is 0 Å². The smallest absolute Gasteiger partial charge is 0.305 e. The van der Waals surface area contributed by atoms with Gasteiger partial charge in [-0.2, -0.15) is 0 Å². The summed E-state index contributed by atoms with van der Waals surface area (Å²) < 4.78 is 6.75. The first-order chi connectivity index (χ1) is 7.33. The van der Waals surface area contributed by atoms with Crippen LogP contribution in [-0.4, -0.2) is 17.6 Å². The Hall–Kier alpha value is -1.25. The van der Waals surface area contributed by atoms with Crippen molar-refractivity contribution >= 4 is 5.97 Å². The normalized spacial score (nSPS) is 10.2. The zero-order valence-electron chi connectivity index (χ0n) is 9.32. The van der Waals surface area contributed by atoms with Crippen LogP contribution in [0.3, 0.4) is 0 Å². The number of carbonyl (C=O) groups is 1. The minimum absolute atomic E-state index is 0.0968. The van der Waals surface area contributed by atoms with Gasteiger partial charge in [0.25, 0.3) is 0 Å². The van der Waals surface area contributed by atoms with Crippen LogP contribution in [0.1, 0.15) is 32.1 Å². The van der Waals surface area contributed by atoms with Crippen LogP contribution in [-0.2, 0) is 16.1 Å². The van der Waals surface area contributed by atoms with E-state index in [-0.39, 0.29) is 5.97 Å². The van der Waals surface area contributed by atoms with Crippen LogP contribution in [0.5, 0.6) is 0 Å². The van der Waals surface area contributed by atoms with Gasteiger partial charge in [0.2, 0.25) is 0 Å². The number of aromatic nitrogens is 1. The molecular formula is C12H19NO2. The molecule has 0 aliphatic rings. The quantitative estimate of drug-likeness (QED) is 0.510. The highest BCUT2D eigenvalue weighted by Gasteiger charge is 1.98. The number of aryl methyl sites for hydroxylation is 1. The molecule has 0 amide bonds. The van der Waals surface area contributed by atoms with E-state index in [1.165, 1.54) is 20.0 Å². The Balaban J connectivity index is 1.91. The fourth-order valence-corrected chi connectivity index (χ4v) is 1.54. The molecule has 0 spiro atoms. The first kappa shape index (κ1) is 11.8. The van der Waals surface area contributed by atoms with Gasteiger partial charge in [-0.25, -0.2) is 0 Å². The fraction of sp³-hybridized carbons (Fsp3) is 0.583. The lowest BCUT2D eigenvalue weighted by molar-refractivity contribution is -0.140. The molecule has 3 nitrogen and oxygen atoms in total. The molecule has 1 aromatic rings. The summed E-state index contributed by atoms with van der Waals surface area (Å²) in [6.07, 6.45) is 9.11. The minimum Gasteiger partial charge on any atom is -0.469 e. The van der Waals surface area contributed by atoms with Crippen molar-refractivity contribution in [2.24, 2.45) is 0 Å². The van der Waals surface area contributed by atoms with Gasteiger partial charge in [0.1, 0.15) is 0 Å². The van der Waals surface area contributed by atoms with E-state index in [2.05, 4.69) is 21.7 Å². The lowest BCUT2D eigenvalue weighted by Crippen LogP contribution is -1.99. The molecule has 0 aromatic carbocycles. The monoisotopic (exact) mass is 209 g/mol. The molecule has 1 aromatic heterocycles. The summed E-state index contributed by atoms with van der Waals surface area (Å²) in [6, 6.07) is 4.08. The summed E-state index contributed by atoms with van der Waals surface area (Å²) in [6.45, 7) is 1.07. The first-order valence-electron chi connectivity index (χ1n) is 5.50. The Morgan fingerprint density at radius 1 is 1.13 bits per heavy atom. The Bertz CT molecular complexity index is 267. The van der Waals surface area contributed by atoms with E-state index in [0.717, 1.165) is 19.4 Å². The number of nitrogens with zero attached hydrogens (tertiary/aromatic N) is 1. The number of ether oxygens (including phenoxy) is 1. The molecule has 15 heavy (non-hydrogen) atoms. The number of carbonyl (C=O) groups excluding carboxylic acids is 1. The molecule has 0 saturated heterocycles. The molecule has 0 N–H and O–H groups in total. The second-order valence-electron chi connectivity index (χ2n) is 3.66. The lowest BCUT2D eigenvalue weighted by Gasteiger charge is -2.02. The van der Waals surface area contributed by atoms with Gasteiger partial charge in [0.05, 0.1) is 7.11 Å². The van der Waals surface area contributed by atoms with E-state index in [1.807, 2.05) is 12.1 Å². The molecule has 0 atom stereocenters. The highest BCUT2D eigenvalue weighted by atomic mass is 16.5. The number of unbranched alkanes of at least 4 members (excludes halogenated alkanes) is 3. The molecule has 0 aliphatic carbocycles. The molecule has 1 heterocycles. The fourth-order valence-electron chi connectivity index (χ4n) is 1.54. The SMILES string of the molecule is COC(=O)CCCCCCn1cccc1. The molecule has 0 unspecified atom stereocenters. The van der Waals surface area contributed by atoms with E-state index in [0.29, 0.717) is 6.42 Å². The van der Waals surface area contributed by atoms with Gasteiger partial charge >= 0.3 is 5.97 Å². The Labute approximate surface area is 91.0 Å². The predicted octanol–water partition coefficient (Wildman–Crippen LogP) is 2.61. The molecule has 0 bridgehead atoms. The van der Waals surface area contributed by atoms with Crippen molar-refractivity contribution in [1.29, 1.82) is 0 Å². The van der Waals surface area contributed by atoms with Crippen LogP contribution in [0.4, 0.5) is 0 Å². The van der Waals surface area contributed by atoms with Crippen LogP contribution in [0, 0.1) is 0 Å². The molecule has 3 heteroatoms. The summed E-state index contributed by atoms with van der Waals surface area (Å²) in [5.41, 5.74) is 0. The molecular weight excluding hydrogens is 190 g/mol. The molecule has 1 rings (SSSR count). The zero-order chi connectivity index (χ0) is 10.9. The van der Waals surface area contributed by atoms with E-state index < -0.39 is 0 Å². The summed E-state index contributed by atoms with van der Waals surface area (Å²) in [5.74, 6) is -0.0968. The van der Waals surface area contributed by atoms with Gasteiger partial charge in [-0.1, -0.05) is 12.8 Å². The molecule has 0 radical (unpaired) electrons. The number of esters is 1. The van der Waals surface area contributed by atoms with Crippen molar-refractivity contribution < 1.29 is 9.53 Å². The molecule has 84 valence electrons. The first-order valence-corrected chi connectivity index (χ1v) is 5.50. The highest BCUT2D eigenvalue weighted by Crippen LogP contribution is 2.05. The number of hydrogen-bond donors (Lipinski definition) is 0. The van der Waals surface area contributed by atoms with E-state index in [9.17, 15) is 4.79 Å². The number of methoxy groups -OCH3 is 1. The second-order valence-corrected chi connectivity index (χ2v) is 3.66. The van der Waals surface area contributed by atoms with Crippen molar-refractivity contribution in [1.82, 2.24) is 4.57 Å². The van der Waals surface area contributed by atoms with Gasteiger partial charge in [0, 0.05) is 25.4 Å². The largest absolute Gasteiger partial charge is 0.469 e. The number of rotatable bonds is 7. The number of hydrogen-bond acceptors (Lipinski definition) is 2. The molecule has 0 saturated carbocycles. The van der Waals surface area contributed by atoms with Crippen molar-refractivity contribution in [3.05, 3.63) is 24.5 Å². The van der Waals surface area contributed by atoms with Crippen molar-refractivity contribution in [2.45, 2.75) is 38.6 Å². The summed E-state index contributed by atoms with van der Waals surface area (Å²) >= 11 is 0. The van der Waals surface area contributed by atoms with E-state index >= 15 is 0 Å². The van der Waals surface area contributed by atoms with Crippen LogP contribution in [0.25, 0.3) is 0 Å². The van der Waals surface area contributed by atoms with Gasteiger partial charge in [-0.05, 0) is 25.0 Å². The summed E-state index contributed by atoms with van der Waals surface area (Å²) in [7, 11) is 1.44. The summed E-state index contributed by atoms with van der Waals surface area (Å²) in [4.78, 5) is 10.8.